The summed E-state index contributed by atoms with van der Waals surface area (Å²) in [5.41, 5.74) is 1.84. The highest BCUT2D eigenvalue weighted by Crippen LogP contribution is 2.21. The van der Waals surface area contributed by atoms with E-state index in [2.05, 4.69) is 25.9 Å². The van der Waals surface area contributed by atoms with E-state index in [9.17, 15) is 4.39 Å². The van der Waals surface area contributed by atoms with Gasteiger partial charge in [0.25, 0.3) is 0 Å². The van der Waals surface area contributed by atoms with E-state index < -0.39 is 0 Å². The van der Waals surface area contributed by atoms with Crippen molar-refractivity contribution >= 4 is 15.9 Å². The Balaban J connectivity index is 2.44. The molecule has 0 unspecified atom stereocenters. The maximum atomic E-state index is 12.6. The van der Waals surface area contributed by atoms with E-state index in [4.69, 9.17) is 0 Å². The summed E-state index contributed by atoms with van der Waals surface area (Å²) >= 11 is 3.31. The van der Waals surface area contributed by atoms with Gasteiger partial charge in [0.1, 0.15) is 16.2 Å². The summed E-state index contributed by atoms with van der Waals surface area (Å²) < 4.78 is 13.4. The van der Waals surface area contributed by atoms with Gasteiger partial charge in [0.05, 0.1) is 0 Å². The van der Waals surface area contributed by atoms with Crippen LogP contribution in [0.1, 0.15) is 5.69 Å². The van der Waals surface area contributed by atoms with Crippen molar-refractivity contribution < 1.29 is 4.39 Å². The predicted octanol–water partition coefficient (Wildman–Crippen LogP) is 3.29. The molecule has 0 radical (unpaired) electrons. The molecular weight excluding hydrogens is 247 g/mol. The summed E-state index contributed by atoms with van der Waals surface area (Å²) in [6.07, 6.45) is 0. The maximum absolute atomic E-state index is 12.6. The molecule has 0 aliphatic heterocycles. The first-order valence-corrected chi connectivity index (χ1v) is 4.94. The lowest BCUT2D eigenvalue weighted by Gasteiger charge is -1.95. The van der Waals surface area contributed by atoms with E-state index in [-0.39, 0.29) is 5.82 Å². The Kier molecular flexibility index (Phi) is 2.37. The number of aromatic nitrogens is 2. The number of hydrogen-bond acceptors (Lipinski definition) is 1. The molecule has 0 bridgehead atoms. The van der Waals surface area contributed by atoms with Crippen LogP contribution in [0.15, 0.2) is 28.9 Å². The van der Waals surface area contributed by atoms with Crippen LogP contribution in [0.3, 0.4) is 0 Å². The molecule has 1 aromatic carbocycles. The fourth-order valence-corrected chi connectivity index (χ4v) is 1.46. The highest BCUT2D eigenvalue weighted by molar-refractivity contribution is 9.10. The zero-order valence-corrected chi connectivity index (χ0v) is 9.10. The van der Waals surface area contributed by atoms with Gasteiger partial charge in [-0.15, -0.1) is 0 Å². The van der Waals surface area contributed by atoms with Crippen LogP contribution in [0, 0.1) is 12.7 Å². The monoisotopic (exact) mass is 254 g/mol. The van der Waals surface area contributed by atoms with E-state index in [1.54, 1.807) is 12.1 Å². The molecule has 0 amide bonds. The zero-order valence-electron chi connectivity index (χ0n) is 7.51. The third-order valence-corrected chi connectivity index (χ3v) is 2.72. The third-order valence-electron chi connectivity index (χ3n) is 1.94. The molecule has 0 saturated carbocycles. The maximum Gasteiger partial charge on any atom is 0.138 e. The van der Waals surface area contributed by atoms with Gasteiger partial charge in [-0.25, -0.2) is 9.37 Å². The molecule has 14 heavy (non-hydrogen) atoms. The minimum atomic E-state index is -0.240. The number of rotatable bonds is 1. The Morgan fingerprint density at radius 1 is 1.29 bits per heavy atom. The lowest BCUT2D eigenvalue weighted by molar-refractivity contribution is 0.628. The third kappa shape index (κ3) is 1.70. The van der Waals surface area contributed by atoms with Crippen molar-refractivity contribution in [3.05, 3.63) is 40.4 Å². The fourth-order valence-electron chi connectivity index (χ4n) is 1.18. The van der Waals surface area contributed by atoms with E-state index in [0.717, 1.165) is 21.7 Å². The van der Waals surface area contributed by atoms with Crippen molar-refractivity contribution in [3.63, 3.8) is 0 Å². The molecule has 1 aromatic heterocycles. The second kappa shape index (κ2) is 3.53. The van der Waals surface area contributed by atoms with Gasteiger partial charge in [0.15, 0.2) is 0 Å². The molecule has 4 heteroatoms. The second-order valence-electron chi connectivity index (χ2n) is 3.01. The average Bonchev–Trinajstić information content (AvgIpc) is 2.48. The predicted molar refractivity (Wildman–Crippen MR) is 56.4 cm³/mol. The summed E-state index contributed by atoms with van der Waals surface area (Å²) in [6.45, 7) is 1.92. The molecule has 0 atom stereocenters. The highest BCUT2D eigenvalue weighted by atomic mass is 79.9. The first kappa shape index (κ1) is 9.40. The smallest absolute Gasteiger partial charge is 0.138 e. The van der Waals surface area contributed by atoms with Gasteiger partial charge in [0, 0.05) is 11.3 Å². The van der Waals surface area contributed by atoms with E-state index in [1.165, 1.54) is 12.1 Å². The number of hydrogen-bond donors (Lipinski definition) is 1. The van der Waals surface area contributed by atoms with Crippen LogP contribution in [-0.2, 0) is 0 Å². The number of nitrogens with zero attached hydrogens (tertiary/aromatic N) is 1. The Bertz CT molecular complexity index is 428. The van der Waals surface area contributed by atoms with Crippen LogP contribution < -0.4 is 0 Å². The molecular formula is C10H8BrFN2. The minimum absolute atomic E-state index is 0.240. The molecule has 72 valence electrons. The van der Waals surface area contributed by atoms with Gasteiger partial charge in [-0.3, -0.25) is 0 Å². The molecule has 2 aromatic rings. The molecule has 0 spiro atoms. The number of aromatic amines is 1. The SMILES string of the molecule is Cc1[nH]c(-c2ccc(F)cc2)nc1Br. The van der Waals surface area contributed by atoms with Gasteiger partial charge in [-0.05, 0) is 47.1 Å². The summed E-state index contributed by atoms with van der Waals surface area (Å²) in [6, 6.07) is 6.22. The lowest BCUT2D eigenvalue weighted by Crippen LogP contribution is -1.81. The van der Waals surface area contributed by atoms with Gasteiger partial charge >= 0.3 is 0 Å². The molecule has 0 aliphatic rings. The lowest BCUT2D eigenvalue weighted by atomic mass is 10.2. The normalized spacial score (nSPS) is 10.5. The van der Waals surface area contributed by atoms with Crippen LogP contribution >= 0.6 is 15.9 Å². The van der Waals surface area contributed by atoms with E-state index >= 15 is 0 Å². The summed E-state index contributed by atoms with van der Waals surface area (Å²) in [5.74, 6) is 0.505. The number of nitrogens with one attached hydrogen (secondary N) is 1. The van der Waals surface area contributed by atoms with Crippen LogP contribution in [0.4, 0.5) is 4.39 Å². The number of aryl methyl sites for hydroxylation is 1. The zero-order chi connectivity index (χ0) is 10.1. The largest absolute Gasteiger partial charge is 0.341 e. The molecule has 0 fully saturated rings. The number of H-pyrrole nitrogens is 1. The Hall–Kier alpha value is -1.16. The first-order valence-electron chi connectivity index (χ1n) is 4.15. The molecule has 1 N–H and O–H groups in total. The summed E-state index contributed by atoms with van der Waals surface area (Å²) in [5, 5.41) is 0. The van der Waals surface area contributed by atoms with Crippen LogP contribution in [0.5, 0.6) is 0 Å². The Morgan fingerprint density at radius 2 is 1.93 bits per heavy atom. The Morgan fingerprint density at radius 3 is 2.43 bits per heavy atom. The van der Waals surface area contributed by atoms with Gasteiger partial charge < -0.3 is 4.98 Å². The quantitative estimate of drug-likeness (QED) is 0.832. The molecule has 2 rings (SSSR count). The standard InChI is InChI=1S/C10H8BrFN2/c1-6-9(11)14-10(13-6)7-2-4-8(12)5-3-7/h2-5H,1H3,(H,13,14). The number of benzene rings is 1. The molecule has 0 saturated heterocycles. The summed E-state index contributed by atoms with van der Waals surface area (Å²) in [4.78, 5) is 7.35. The van der Waals surface area contributed by atoms with E-state index in [0.29, 0.717) is 0 Å². The van der Waals surface area contributed by atoms with Gasteiger partial charge in [-0.2, -0.15) is 0 Å². The number of halogens is 2. The van der Waals surface area contributed by atoms with Crippen molar-refractivity contribution in [2.24, 2.45) is 0 Å². The van der Waals surface area contributed by atoms with Gasteiger partial charge in [-0.1, -0.05) is 0 Å². The average molecular weight is 255 g/mol. The molecule has 0 aliphatic carbocycles. The second-order valence-corrected chi connectivity index (χ2v) is 3.76. The fraction of sp³-hybridized carbons (Fsp3) is 0.100. The van der Waals surface area contributed by atoms with Crippen molar-refractivity contribution in [1.82, 2.24) is 9.97 Å². The molecule has 2 nitrogen and oxygen atoms in total. The van der Waals surface area contributed by atoms with Crippen molar-refractivity contribution in [1.29, 1.82) is 0 Å². The molecule has 1 heterocycles. The number of imidazole rings is 1. The van der Waals surface area contributed by atoms with Crippen LogP contribution in [0.25, 0.3) is 11.4 Å². The van der Waals surface area contributed by atoms with Gasteiger partial charge in [0.2, 0.25) is 0 Å². The first-order chi connectivity index (χ1) is 6.66. The Labute approximate surface area is 89.3 Å². The van der Waals surface area contributed by atoms with Crippen molar-refractivity contribution in [3.8, 4) is 11.4 Å². The van der Waals surface area contributed by atoms with Crippen molar-refractivity contribution in [2.75, 3.05) is 0 Å². The highest BCUT2D eigenvalue weighted by Gasteiger charge is 2.05. The van der Waals surface area contributed by atoms with E-state index in [1.807, 2.05) is 6.92 Å². The van der Waals surface area contributed by atoms with Crippen LogP contribution in [0.2, 0.25) is 0 Å². The summed E-state index contributed by atoms with van der Waals surface area (Å²) in [7, 11) is 0. The topological polar surface area (TPSA) is 28.7 Å². The van der Waals surface area contributed by atoms with Crippen molar-refractivity contribution in [2.45, 2.75) is 6.92 Å². The minimum Gasteiger partial charge on any atom is -0.341 e. The van der Waals surface area contributed by atoms with Crippen LogP contribution in [-0.4, -0.2) is 9.97 Å².